The smallest absolute Gasteiger partial charge is 0.112 e. The molecule has 0 aromatic heterocycles. The number of unbranched alkanes of at least 4 members (excludes halogenated alkanes) is 4. The van der Waals surface area contributed by atoms with Gasteiger partial charge in [0.25, 0.3) is 0 Å². The number of halogens is 1. The van der Waals surface area contributed by atoms with Crippen molar-refractivity contribution in [2.75, 3.05) is 33.0 Å². The van der Waals surface area contributed by atoms with Crippen LogP contribution in [0.2, 0.25) is 0 Å². The fourth-order valence-electron chi connectivity index (χ4n) is 4.28. The van der Waals surface area contributed by atoms with Crippen molar-refractivity contribution < 1.29 is 18.9 Å². The first-order valence-electron chi connectivity index (χ1n) is 13.9. The summed E-state index contributed by atoms with van der Waals surface area (Å²) in [5.41, 5.74) is 2.60. The first-order chi connectivity index (χ1) is 17.2. The molecule has 0 spiro atoms. The Hall–Kier alpha value is -0.110. The Bertz CT molecular complexity index is 661. The summed E-state index contributed by atoms with van der Waals surface area (Å²) in [6, 6.07) is 8.91. The molecule has 6 heteroatoms. The average molecular weight is 574 g/mol. The molecule has 1 aromatic carbocycles. The van der Waals surface area contributed by atoms with Gasteiger partial charge in [0, 0.05) is 31.8 Å². The molecule has 0 radical (unpaired) electrons. The van der Waals surface area contributed by atoms with Gasteiger partial charge in [-0.2, -0.15) is 0 Å². The van der Waals surface area contributed by atoms with E-state index in [1.807, 2.05) is 11.8 Å². The molecule has 202 valence electrons. The average Bonchev–Trinajstić information content (AvgIpc) is 2.88. The van der Waals surface area contributed by atoms with Crippen molar-refractivity contribution in [2.45, 2.75) is 113 Å². The van der Waals surface area contributed by atoms with Gasteiger partial charge < -0.3 is 18.9 Å². The van der Waals surface area contributed by atoms with E-state index in [4.69, 9.17) is 18.9 Å². The lowest BCUT2D eigenvalue weighted by atomic mass is 9.95. The number of rotatable bonds is 19. The number of hydrogen-bond donors (Lipinski definition) is 0. The minimum atomic E-state index is -0.103. The third-order valence-corrected chi connectivity index (χ3v) is 8.65. The van der Waals surface area contributed by atoms with Gasteiger partial charge in [0.1, 0.15) is 18.3 Å². The Balaban J connectivity index is 2.38. The first-order valence-corrected chi connectivity index (χ1v) is 16.0. The molecular weight excluding hydrogens is 524 g/mol. The standard InChI is InChI=1S/C29H49BrO4S/c1-5-9-16-31-22-25-26(32-17-10-6-2)27(33-18-11-7-3)28(34-19-12-8-4)29(35-25)24-15-13-14-23(20-24)21-30/h13-15,20,25-29H,5-12,16-19,21-22H2,1-4H3/t25-,26-,27+,28-,29+/m1/s1. The Morgan fingerprint density at radius 1 is 0.743 bits per heavy atom. The highest BCUT2D eigenvalue weighted by molar-refractivity contribution is 9.08. The van der Waals surface area contributed by atoms with E-state index >= 15 is 0 Å². The zero-order chi connectivity index (χ0) is 25.3. The Labute approximate surface area is 227 Å². The molecule has 1 saturated heterocycles. The molecule has 4 nitrogen and oxygen atoms in total. The zero-order valence-electron chi connectivity index (χ0n) is 22.5. The maximum Gasteiger partial charge on any atom is 0.112 e. The molecule has 0 bridgehead atoms. The largest absolute Gasteiger partial charge is 0.380 e. The van der Waals surface area contributed by atoms with Crippen LogP contribution >= 0.6 is 27.7 Å². The van der Waals surface area contributed by atoms with Crippen LogP contribution in [0.3, 0.4) is 0 Å². The number of ether oxygens (including phenoxy) is 4. The molecule has 35 heavy (non-hydrogen) atoms. The topological polar surface area (TPSA) is 36.9 Å². The number of alkyl halides is 1. The number of benzene rings is 1. The van der Waals surface area contributed by atoms with E-state index < -0.39 is 0 Å². The van der Waals surface area contributed by atoms with Crippen LogP contribution in [-0.2, 0) is 24.3 Å². The van der Waals surface area contributed by atoms with Crippen LogP contribution in [0.4, 0.5) is 0 Å². The van der Waals surface area contributed by atoms with E-state index in [0.29, 0.717) is 6.61 Å². The molecule has 0 unspecified atom stereocenters. The highest BCUT2D eigenvalue weighted by Crippen LogP contribution is 2.47. The lowest BCUT2D eigenvalue weighted by molar-refractivity contribution is -0.149. The van der Waals surface area contributed by atoms with Crippen LogP contribution in [0.15, 0.2) is 24.3 Å². The molecule has 0 saturated carbocycles. The molecule has 0 N–H and O–H groups in total. The Kier molecular flexibility index (Phi) is 16.9. The van der Waals surface area contributed by atoms with Gasteiger partial charge in [-0.3, -0.25) is 0 Å². The van der Waals surface area contributed by atoms with Gasteiger partial charge in [-0.25, -0.2) is 0 Å². The second-order valence-electron chi connectivity index (χ2n) is 9.47. The molecule has 5 atom stereocenters. The van der Waals surface area contributed by atoms with Crippen LogP contribution in [0.1, 0.15) is 95.4 Å². The van der Waals surface area contributed by atoms with Crippen molar-refractivity contribution in [3.8, 4) is 0 Å². The predicted octanol–water partition coefficient (Wildman–Crippen LogP) is 8.11. The molecule has 1 fully saturated rings. The summed E-state index contributed by atoms with van der Waals surface area (Å²) in [4.78, 5) is 0. The molecule has 1 heterocycles. The van der Waals surface area contributed by atoms with Crippen LogP contribution < -0.4 is 0 Å². The second kappa shape index (κ2) is 19.0. The fraction of sp³-hybridized carbons (Fsp3) is 0.793. The van der Waals surface area contributed by atoms with Crippen LogP contribution in [0, 0.1) is 0 Å². The molecule has 1 aliphatic heterocycles. The summed E-state index contributed by atoms with van der Waals surface area (Å²) in [7, 11) is 0. The van der Waals surface area contributed by atoms with E-state index in [1.54, 1.807) is 0 Å². The first kappa shape index (κ1) is 31.1. The van der Waals surface area contributed by atoms with Crippen LogP contribution in [0.5, 0.6) is 0 Å². The summed E-state index contributed by atoms with van der Waals surface area (Å²) >= 11 is 5.61. The van der Waals surface area contributed by atoms with Crippen molar-refractivity contribution in [1.82, 2.24) is 0 Å². The highest BCUT2D eigenvalue weighted by atomic mass is 79.9. The quantitative estimate of drug-likeness (QED) is 0.123. The highest BCUT2D eigenvalue weighted by Gasteiger charge is 2.48. The molecular formula is C29H49BrO4S. The summed E-state index contributed by atoms with van der Waals surface area (Å²) in [6.45, 7) is 12.6. The molecule has 0 amide bonds. The second-order valence-corrected chi connectivity index (χ2v) is 11.4. The van der Waals surface area contributed by atoms with E-state index in [2.05, 4.69) is 67.9 Å². The van der Waals surface area contributed by atoms with Gasteiger partial charge in [0.2, 0.25) is 0 Å². The van der Waals surface area contributed by atoms with E-state index in [0.717, 1.165) is 83.1 Å². The van der Waals surface area contributed by atoms with Crippen molar-refractivity contribution in [3.05, 3.63) is 35.4 Å². The Morgan fingerprint density at radius 2 is 1.31 bits per heavy atom. The summed E-state index contributed by atoms with van der Waals surface area (Å²) < 4.78 is 26.1. The SMILES string of the molecule is CCCCOC[C@H]1S[C@@H](c2cccc(CBr)c2)[C@H](OCCCC)[C@@H](OCCCC)[C@@H]1OCCCC. The minimum Gasteiger partial charge on any atom is -0.380 e. The monoisotopic (exact) mass is 572 g/mol. The normalized spacial score (nSPS) is 24.7. The maximum atomic E-state index is 6.66. The zero-order valence-corrected chi connectivity index (χ0v) is 24.9. The number of hydrogen-bond acceptors (Lipinski definition) is 5. The van der Waals surface area contributed by atoms with E-state index in [1.165, 1.54) is 11.1 Å². The van der Waals surface area contributed by atoms with Gasteiger partial charge in [-0.05, 0) is 36.8 Å². The third kappa shape index (κ3) is 10.6. The third-order valence-electron chi connectivity index (χ3n) is 6.42. The van der Waals surface area contributed by atoms with E-state index in [9.17, 15) is 0 Å². The van der Waals surface area contributed by atoms with Gasteiger partial charge in [0.05, 0.1) is 17.1 Å². The van der Waals surface area contributed by atoms with E-state index in [-0.39, 0.29) is 28.8 Å². The molecule has 1 aliphatic rings. The molecule has 2 rings (SSSR count). The van der Waals surface area contributed by atoms with Crippen molar-refractivity contribution in [2.24, 2.45) is 0 Å². The van der Waals surface area contributed by atoms with Crippen molar-refractivity contribution in [3.63, 3.8) is 0 Å². The van der Waals surface area contributed by atoms with Gasteiger partial charge >= 0.3 is 0 Å². The lowest BCUT2D eigenvalue weighted by Crippen LogP contribution is -2.55. The molecule has 0 aliphatic carbocycles. The van der Waals surface area contributed by atoms with Crippen molar-refractivity contribution in [1.29, 1.82) is 0 Å². The fourth-order valence-corrected chi connectivity index (χ4v) is 6.26. The van der Waals surface area contributed by atoms with Gasteiger partial charge in [-0.15, -0.1) is 11.8 Å². The van der Waals surface area contributed by atoms with Crippen LogP contribution in [-0.4, -0.2) is 56.6 Å². The molecule has 1 aromatic rings. The predicted molar refractivity (Wildman–Crippen MR) is 153 cm³/mol. The van der Waals surface area contributed by atoms with Crippen molar-refractivity contribution >= 4 is 27.7 Å². The van der Waals surface area contributed by atoms with Crippen LogP contribution in [0.25, 0.3) is 0 Å². The van der Waals surface area contributed by atoms with Gasteiger partial charge in [0.15, 0.2) is 0 Å². The summed E-state index contributed by atoms with van der Waals surface area (Å²) in [6.07, 6.45) is 8.58. The van der Waals surface area contributed by atoms with Gasteiger partial charge in [-0.1, -0.05) is 93.6 Å². The Morgan fingerprint density at radius 3 is 1.91 bits per heavy atom. The summed E-state index contributed by atoms with van der Waals surface area (Å²) in [5, 5.41) is 1.24. The minimum absolute atomic E-state index is 0.0349. The summed E-state index contributed by atoms with van der Waals surface area (Å²) in [5.74, 6) is 0. The lowest BCUT2D eigenvalue weighted by Gasteiger charge is -2.46. The number of thioether (sulfide) groups is 1. The maximum absolute atomic E-state index is 6.66.